The van der Waals surface area contributed by atoms with Gasteiger partial charge in [0.1, 0.15) is 0 Å². The molecular formula is C12H19NO. The van der Waals surface area contributed by atoms with Crippen molar-refractivity contribution in [3.8, 4) is 0 Å². The fraction of sp³-hybridized carbons (Fsp3) is 0.500. The topological polar surface area (TPSA) is 32.3 Å². The Labute approximate surface area is 86.0 Å². The van der Waals surface area contributed by atoms with E-state index in [1.165, 1.54) is 18.4 Å². The molecule has 0 heterocycles. The van der Waals surface area contributed by atoms with E-state index in [2.05, 4.69) is 25.2 Å². The van der Waals surface area contributed by atoms with E-state index < -0.39 is 0 Å². The number of rotatable bonds is 5. The van der Waals surface area contributed by atoms with Crippen LogP contribution in [0.5, 0.6) is 0 Å². The Morgan fingerprint density at radius 2 is 2.14 bits per heavy atom. The zero-order valence-electron chi connectivity index (χ0n) is 9.01. The molecule has 0 aliphatic rings. The van der Waals surface area contributed by atoms with E-state index >= 15 is 0 Å². The lowest BCUT2D eigenvalue weighted by atomic mass is 10.1. The van der Waals surface area contributed by atoms with E-state index in [1.54, 1.807) is 0 Å². The van der Waals surface area contributed by atoms with Crippen molar-refractivity contribution in [2.75, 3.05) is 11.9 Å². The van der Waals surface area contributed by atoms with Crippen molar-refractivity contribution in [2.24, 2.45) is 0 Å². The van der Waals surface area contributed by atoms with Crippen LogP contribution in [0.1, 0.15) is 30.9 Å². The van der Waals surface area contributed by atoms with Crippen LogP contribution in [0.2, 0.25) is 0 Å². The van der Waals surface area contributed by atoms with E-state index in [4.69, 9.17) is 5.11 Å². The summed E-state index contributed by atoms with van der Waals surface area (Å²) in [6, 6.07) is 6.00. The van der Waals surface area contributed by atoms with Crippen LogP contribution in [0.25, 0.3) is 0 Å². The van der Waals surface area contributed by atoms with E-state index in [1.807, 2.05) is 12.1 Å². The van der Waals surface area contributed by atoms with Crippen LogP contribution in [0.4, 0.5) is 5.69 Å². The average Bonchev–Trinajstić information content (AvgIpc) is 2.20. The fourth-order valence-corrected chi connectivity index (χ4v) is 1.50. The fourth-order valence-electron chi connectivity index (χ4n) is 1.50. The number of anilines is 1. The number of nitrogens with one attached hydrogen (secondary N) is 1. The smallest absolute Gasteiger partial charge is 0.0702 e. The Balaban J connectivity index is 2.72. The first-order valence-electron chi connectivity index (χ1n) is 5.22. The summed E-state index contributed by atoms with van der Waals surface area (Å²) in [6.07, 6.45) is 2.35. The summed E-state index contributed by atoms with van der Waals surface area (Å²) in [7, 11) is 0. The van der Waals surface area contributed by atoms with Gasteiger partial charge >= 0.3 is 0 Å². The lowest BCUT2D eigenvalue weighted by Gasteiger charge is -2.12. The van der Waals surface area contributed by atoms with Crippen molar-refractivity contribution in [3.63, 3.8) is 0 Å². The number of aliphatic hydroxyl groups is 1. The van der Waals surface area contributed by atoms with E-state index in [0.717, 1.165) is 17.8 Å². The van der Waals surface area contributed by atoms with Crippen LogP contribution in [-0.4, -0.2) is 11.7 Å². The normalized spacial score (nSPS) is 10.2. The van der Waals surface area contributed by atoms with Gasteiger partial charge in [0.25, 0.3) is 0 Å². The van der Waals surface area contributed by atoms with Gasteiger partial charge in [-0.1, -0.05) is 31.5 Å². The number of aryl methyl sites for hydroxylation is 1. The van der Waals surface area contributed by atoms with Crippen LogP contribution in [-0.2, 0) is 6.61 Å². The monoisotopic (exact) mass is 193 g/mol. The largest absolute Gasteiger partial charge is 0.392 e. The van der Waals surface area contributed by atoms with Gasteiger partial charge in [-0.15, -0.1) is 0 Å². The van der Waals surface area contributed by atoms with Crippen LogP contribution in [0.3, 0.4) is 0 Å². The molecule has 2 N–H and O–H groups in total. The quantitative estimate of drug-likeness (QED) is 0.705. The molecule has 1 aromatic carbocycles. The molecule has 1 rings (SSSR count). The zero-order chi connectivity index (χ0) is 10.4. The van der Waals surface area contributed by atoms with Gasteiger partial charge in [-0.05, 0) is 18.9 Å². The van der Waals surface area contributed by atoms with Gasteiger partial charge in [-0.2, -0.15) is 0 Å². The van der Waals surface area contributed by atoms with E-state index in [0.29, 0.717) is 0 Å². The van der Waals surface area contributed by atoms with Gasteiger partial charge in [0, 0.05) is 17.8 Å². The summed E-state index contributed by atoms with van der Waals surface area (Å²) in [5, 5.41) is 12.5. The second-order valence-electron chi connectivity index (χ2n) is 3.55. The van der Waals surface area contributed by atoms with Gasteiger partial charge in [0.2, 0.25) is 0 Å². The predicted octanol–water partition coefficient (Wildman–Crippen LogP) is 2.70. The maximum atomic E-state index is 9.16. The summed E-state index contributed by atoms with van der Waals surface area (Å²) in [5.74, 6) is 0. The van der Waals surface area contributed by atoms with Crippen molar-refractivity contribution >= 4 is 5.69 Å². The zero-order valence-corrected chi connectivity index (χ0v) is 9.01. The molecule has 0 aromatic heterocycles. The maximum Gasteiger partial charge on any atom is 0.0702 e. The molecule has 2 heteroatoms. The molecule has 78 valence electrons. The van der Waals surface area contributed by atoms with Crippen molar-refractivity contribution in [2.45, 2.75) is 33.3 Å². The predicted molar refractivity (Wildman–Crippen MR) is 60.5 cm³/mol. The van der Waals surface area contributed by atoms with Gasteiger partial charge in [0.05, 0.1) is 6.61 Å². The van der Waals surface area contributed by atoms with Crippen molar-refractivity contribution in [3.05, 3.63) is 29.3 Å². The minimum Gasteiger partial charge on any atom is -0.392 e. The third-order valence-electron chi connectivity index (χ3n) is 2.36. The second-order valence-corrected chi connectivity index (χ2v) is 3.55. The molecule has 0 atom stereocenters. The molecule has 0 bridgehead atoms. The highest BCUT2D eigenvalue weighted by Crippen LogP contribution is 2.20. The number of aliphatic hydroxyl groups excluding tert-OH is 1. The highest BCUT2D eigenvalue weighted by atomic mass is 16.3. The molecule has 0 aliphatic heterocycles. The SMILES string of the molecule is CCCCNc1c(C)cccc1CO. The van der Waals surface area contributed by atoms with Crippen molar-refractivity contribution in [1.82, 2.24) is 0 Å². The van der Waals surface area contributed by atoms with E-state index in [9.17, 15) is 0 Å². The minimum absolute atomic E-state index is 0.107. The highest BCUT2D eigenvalue weighted by Gasteiger charge is 2.02. The Bertz CT molecular complexity index is 284. The molecule has 2 nitrogen and oxygen atoms in total. The molecule has 1 aromatic rings. The van der Waals surface area contributed by atoms with Gasteiger partial charge in [-0.25, -0.2) is 0 Å². The summed E-state index contributed by atoms with van der Waals surface area (Å²) in [4.78, 5) is 0. The van der Waals surface area contributed by atoms with Crippen LogP contribution < -0.4 is 5.32 Å². The Kier molecular flexibility index (Phi) is 4.47. The standard InChI is InChI=1S/C12H19NO/c1-3-4-8-13-12-10(2)6-5-7-11(12)9-14/h5-7,13-14H,3-4,8-9H2,1-2H3. The molecule has 0 fully saturated rings. The molecule has 0 amide bonds. The van der Waals surface area contributed by atoms with Crippen LogP contribution >= 0.6 is 0 Å². The summed E-state index contributed by atoms with van der Waals surface area (Å²) in [6.45, 7) is 5.32. The first-order chi connectivity index (χ1) is 6.79. The lowest BCUT2D eigenvalue weighted by Crippen LogP contribution is -2.05. The Morgan fingerprint density at radius 1 is 1.36 bits per heavy atom. The van der Waals surface area contributed by atoms with Crippen LogP contribution in [0.15, 0.2) is 18.2 Å². The molecule has 14 heavy (non-hydrogen) atoms. The van der Waals surface area contributed by atoms with Crippen molar-refractivity contribution in [1.29, 1.82) is 0 Å². The average molecular weight is 193 g/mol. The van der Waals surface area contributed by atoms with Crippen molar-refractivity contribution < 1.29 is 5.11 Å². The maximum absolute atomic E-state index is 9.16. The number of unbranched alkanes of at least 4 members (excludes halogenated alkanes) is 1. The number of hydrogen-bond donors (Lipinski definition) is 2. The first-order valence-corrected chi connectivity index (χ1v) is 5.22. The first kappa shape index (κ1) is 11.1. The second kappa shape index (κ2) is 5.66. The molecule has 0 radical (unpaired) electrons. The van der Waals surface area contributed by atoms with Gasteiger partial charge < -0.3 is 10.4 Å². The summed E-state index contributed by atoms with van der Waals surface area (Å²) >= 11 is 0. The lowest BCUT2D eigenvalue weighted by molar-refractivity contribution is 0.282. The van der Waals surface area contributed by atoms with Crippen LogP contribution in [0, 0.1) is 6.92 Å². The van der Waals surface area contributed by atoms with E-state index in [-0.39, 0.29) is 6.61 Å². The Hall–Kier alpha value is -1.02. The minimum atomic E-state index is 0.107. The number of benzene rings is 1. The third kappa shape index (κ3) is 2.74. The van der Waals surface area contributed by atoms with Gasteiger partial charge in [0.15, 0.2) is 0 Å². The molecule has 0 saturated carbocycles. The summed E-state index contributed by atoms with van der Waals surface area (Å²) in [5.41, 5.74) is 3.29. The molecule has 0 spiro atoms. The Morgan fingerprint density at radius 3 is 2.79 bits per heavy atom. The number of hydrogen-bond acceptors (Lipinski definition) is 2. The molecular weight excluding hydrogens is 174 g/mol. The summed E-state index contributed by atoms with van der Waals surface area (Å²) < 4.78 is 0. The highest BCUT2D eigenvalue weighted by molar-refractivity contribution is 5.56. The molecule has 0 aliphatic carbocycles. The molecule has 0 unspecified atom stereocenters. The van der Waals surface area contributed by atoms with Gasteiger partial charge in [-0.3, -0.25) is 0 Å². The molecule has 0 saturated heterocycles. The third-order valence-corrected chi connectivity index (χ3v) is 2.36. The number of para-hydroxylation sites is 1.